The fourth-order valence-corrected chi connectivity index (χ4v) is 2.41. The molecule has 0 saturated heterocycles. The molecule has 0 aliphatic carbocycles. The Bertz CT molecular complexity index is 626. The average molecular weight is 312 g/mol. The monoisotopic (exact) mass is 312 g/mol. The molecule has 1 aliphatic rings. The van der Waals surface area contributed by atoms with Crippen LogP contribution in [0.15, 0.2) is 22.1 Å². The maximum absolute atomic E-state index is 13.8. The van der Waals surface area contributed by atoms with E-state index in [-0.39, 0.29) is 23.9 Å². The van der Waals surface area contributed by atoms with E-state index in [2.05, 4.69) is 9.98 Å². The molecular formula is C16H19F3N2O. The Kier molecular flexibility index (Phi) is 4.88. The second-order valence-corrected chi connectivity index (χ2v) is 5.71. The van der Waals surface area contributed by atoms with Crippen LogP contribution in [0.1, 0.15) is 26.3 Å². The Hall–Kier alpha value is -1.85. The third-order valence-corrected chi connectivity index (χ3v) is 3.70. The lowest BCUT2D eigenvalue weighted by atomic mass is 9.97. The van der Waals surface area contributed by atoms with Gasteiger partial charge in [0.1, 0.15) is 11.9 Å². The highest BCUT2D eigenvalue weighted by molar-refractivity contribution is 5.96. The summed E-state index contributed by atoms with van der Waals surface area (Å²) < 4.78 is 45.3. The lowest BCUT2D eigenvalue weighted by Gasteiger charge is -2.26. The molecule has 1 aliphatic heterocycles. The maximum Gasteiger partial charge on any atom is 0.209 e. The van der Waals surface area contributed by atoms with E-state index < -0.39 is 23.5 Å². The van der Waals surface area contributed by atoms with E-state index in [1.807, 2.05) is 13.8 Å². The third-order valence-electron chi connectivity index (χ3n) is 3.70. The van der Waals surface area contributed by atoms with Gasteiger partial charge in [-0.25, -0.2) is 18.2 Å². The summed E-state index contributed by atoms with van der Waals surface area (Å²) >= 11 is 0. The summed E-state index contributed by atoms with van der Waals surface area (Å²) in [5, 5.41) is 0. The zero-order valence-electron chi connectivity index (χ0n) is 13.0. The Morgan fingerprint density at radius 2 is 1.73 bits per heavy atom. The molecule has 0 amide bonds. The van der Waals surface area contributed by atoms with E-state index in [4.69, 9.17) is 4.74 Å². The molecule has 120 valence electrons. The van der Waals surface area contributed by atoms with Gasteiger partial charge in [0.25, 0.3) is 0 Å². The lowest BCUT2D eigenvalue weighted by Crippen LogP contribution is -2.36. The van der Waals surface area contributed by atoms with E-state index in [0.717, 1.165) is 11.8 Å². The van der Waals surface area contributed by atoms with Gasteiger partial charge in [0.05, 0.1) is 13.2 Å². The summed E-state index contributed by atoms with van der Waals surface area (Å²) in [7, 11) is 1.51. The normalized spacial score (nSPS) is 21.6. The fourth-order valence-electron chi connectivity index (χ4n) is 2.41. The zero-order chi connectivity index (χ0) is 16.4. The lowest BCUT2D eigenvalue weighted by molar-refractivity contribution is 0.358. The number of rotatable bonds is 3. The van der Waals surface area contributed by atoms with Crippen LogP contribution in [0.5, 0.6) is 0 Å². The Balaban J connectivity index is 2.29. The van der Waals surface area contributed by atoms with Crippen molar-refractivity contribution in [3.63, 3.8) is 0 Å². The smallest absolute Gasteiger partial charge is 0.209 e. The van der Waals surface area contributed by atoms with Crippen molar-refractivity contribution >= 4 is 11.6 Å². The molecule has 1 aromatic rings. The van der Waals surface area contributed by atoms with Crippen LogP contribution in [-0.4, -0.2) is 30.8 Å². The molecule has 0 fully saturated rings. The van der Waals surface area contributed by atoms with Crippen molar-refractivity contribution in [2.75, 3.05) is 7.11 Å². The molecule has 0 spiro atoms. The minimum Gasteiger partial charge on any atom is -0.483 e. The number of hydrogen-bond donors (Lipinski definition) is 0. The molecule has 2 atom stereocenters. The first-order chi connectivity index (χ1) is 10.3. The number of halogens is 3. The fraction of sp³-hybridized carbons (Fsp3) is 0.500. The first-order valence-electron chi connectivity index (χ1n) is 7.12. The van der Waals surface area contributed by atoms with Crippen LogP contribution in [0.25, 0.3) is 0 Å². The van der Waals surface area contributed by atoms with Crippen molar-refractivity contribution < 1.29 is 17.9 Å². The molecule has 0 radical (unpaired) electrons. The summed E-state index contributed by atoms with van der Waals surface area (Å²) in [5.41, 5.74) is 0.796. The molecule has 0 unspecified atom stereocenters. The Morgan fingerprint density at radius 3 is 2.32 bits per heavy atom. The van der Waals surface area contributed by atoms with Crippen molar-refractivity contribution in [3.8, 4) is 0 Å². The van der Waals surface area contributed by atoms with Crippen molar-refractivity contribution in [3.05, 3.63) is 35.1 Å². The van der Waals surface area contributed by atoms with Crippen LogP contribution in [0.3, 0.4) is 0 Å². The molecule has 1 heterocycles. The summed E-state index contributed by atoms with van der Waals surface area (Å²) in [6, 6.07) is 0.812. The molecule has 0 saturated carbocycles. The van der Waals surface area contributed by atoms with Gasteiger partial charge < -0.3 is 4.74 Å². The van der Waals surface area contributed by atoms with E-state index >= 15 is 0 Å². The van der Waals surface area contributed by atoms with Gasteiger partial charge in [0.15, 0.2) is 11.6 Å². The van der Waals surface area contributed by atoms with Gasteiger partial charge in [-0.05, 0) is 24.5 Å². The molecule has 1 aromatic carbocycles. The van der Waals surface area contributed by atoms with Gasteiger partial charge in [-0.2, -0.15) is 0 Å². The third kappa shape index (κ3) is 3.31. The minimum absolute atomic E-state index is 0.0700. The van der Waals surface area contributed by atoms with E-state index in [0.29, 0.717) is 12.0 Å². The molecule has 0 N–H and O–H groups in total. The number of methoxy groups -OCH3 is 1. The second kappa shape index (κ2) is 6.50. The largest absolute Gasteiger partial charge is 0.483 e. The van der Waals surface area contributed by atoms with Crippen LogP contribution in [0.2, 0.25) is 0 Å². The summed E-state index contributed by atoms with van der Waals surface area (Å²) in [6.07, 6.45) is 0.107. The number of benzene rings is 1. The Morgan fingerprint density at radius 1 is 1.09 bits per heavy atom. The summed E-state index contributed by atoms with van der Waals surface area (Å²) in [6.45, 7) is 5.81. The van der Waals surface area contributed by atoms with Crippen molar-refractivity contribution in [2.24, 2.45) is 15.9 Å². The van der Waals surface area contributed by atoms with Crippen molar-refractivity contribution in [1.29, 1.82) is 0 Å². The summed E-state index contributed by atoms with van der Waals surface area (Å²) in [5.74, 6) is -2.36. The number of aliphatic imine (C=N–C) groups is 2. The quantitative estimate of drug-likeness (QED) is 0.786. The molecular weight excluding hydrogens is 293 g/mol. The highest BCUT2D eigenvalue weighted by atomic mass is 19.2. The minimum atomic E-state index is -1.20. The highest BCUT2D eigenvalue weighted by Crippen LogP contribution is 2.21. The zero-order valence-corrected chi connectivity index (χ0v) is 13.0. The van der Waals surface area contributed by atoms with Gasteiger partial charge >= 0.3 is 0 Å². The van der Waals surface area contributed by atoms with Gasteiger partial charge in [-0.3, -0.25) is 4.99 Å². The standard InChI is InChI=1S/C16H19F3N2O/c1-8(2)15-16(22-4)21-14(9(3)20-15)6-10-5-12(18)13(19)7-11(10)17/h5,7-8,14-15H,6H2,1-4H3/t14-,15+/m1/s1. The van der Waals surface area contributed by atoms with E-state index in [1.54, 1.807) is 6.92 Å². The molecule has 22 heavy (non-hydrogen) atoms. The topological polar surface area (TPSA) is 34.0 Å². The highest BCUT2D eigenvalue weighted by Gasteiger charge is 2.28. The second-order valence-electron chi connectivity index (χ2n) is 5.71. The van der Waals surface area contributed by atoms with Crippen LogP contribution >= 0.6 is 0 Å². The van der Waals surface area contributed by atoms with Crippen molar-refractivity contribution in [1.82, 2.24) is 0 Å². The number of nitrogens with zero attached hydrogens (tertiary/aromatic N) is 2. The molecule has 6 heteroatoms. The van der Waals surface area contributed by atoms with E-state index in [9.17, 15) is 13.2 Å². The first kappa shape index (κ1) is 16.5. The van der Waals surface area contributed by atoms with E-state index in [1.165, 1.54) is 7.11 Å². The molecule has 0 bridgehead atoms. The predicted molar refractivity (Wildman–Crippen MR) is 80.0 cm³/mol. The number of hydrogen-bond acceptors (Lipinski definition) is 3. The summed E-state index contributed by atoms with van der Waals surface area (Å²) in [4.78, 5) is 9.01. The molecule has 2 rings (SSSR count). The van der Waals surface area contributed by atoms with Gasteiger partial charge in [-0.15, -0.1) is 0 Å². The van der Waals surface area contributed by atoms with Gasteiger partial charge in [0.2, 0.25) is 5.90 Å². The van der Waals surface area contributed by atoms with Crippen LogP contribution < -0.4 is 0 Å². The van der Waals surface area contributed by atoms with Gasteiger partial charge in [-0.1, -0.05) is 13.8 Å². The van der Waals surface area contributed by atoms with Crippen molar-refractivity contribution in [2.45, 2.75) is 39.3 Å². The SMILES string of the molecule is COC1=N[C@H](Cc2cc(F)c(F)cc2F)C(C)=N[C@H]1C(C)C. The van der Waals surface area contributed by atoms with Crippen LogP contribution in [0, 0.1) is 23.4 Å². The van der Waals surface area contributed by atoms with Crippen LogP contribution in [-0.2, 0) is 11.2 Å². The average Bonchev–Trinajstić information content (AvgIpc) is 2.46. The first-order valence-corrected chi connectivity index (χ1v) is 7.12. The molecule has 0 aromatic heterocycles. The maximum atomic E-state index is 13.8. The van der Waals surface area contributed by atoms with Gasteiger partial charge in [0, 0.05) is 18.2 Å². The molecule has 3 nitrogen and oxygen atoms in total. The number of ether oxygens (including phenoxy) is 1. The van der Waals surface area contributed by atoms with Crippen LogP contribution in [0.4, 0.5) is 13.2 Å². The Labute approximate surface area is 127 Å². The predicted octanol–water partition coefficient (Wildman–Crippen LogP) is 3.56.